The lowest BCUT2D eigenvalue weighted by molar-refractivity contribution is -0.138. The molecule has 1 N–H and O–H groups in total. The van der Waals surface area contributed by atoms with Crippen molar-refractivity contribution < 1.29 is 32.6 Å². The number of halogens is 3. The maximum atomic E-state index is 13.4. The molecule has 1 aliphatic carbocycles. The van der Waals surface area contributed by atoms with Crippen LogP contribution in [-0.4, -0.2) is 47.3 Å². The second-order valence-electron chi connectivity index (χ2n) is 9.46. The molecule has 9 heteroatoms. The van der Waals surface area contributed by atoms with Gasteiger partial charge in [0.25, 0.3) is 0 Å². The molecule has 1 saturated carbocycles. The summed E-state index contributed by atoms with van der Waals surface area (Å²) in [7, 11) is 0. The van der Waals surface area contributed by atoms with E-state index in [9.17, 15) is 22.8 Å². The van der Waals surface area contributed by atoms with Crippen LogP contribution in [0.25, 0.3) is 0 Å². The maximum absolute atomic E-state index is 13.4. The standard InChI is InChI=1S/C25H25F3N2O4/c26-25(27,28)21-8-1-16(13-20(21)17-2-3-17)14-29-11-9-24(10-12-29)15-30(23(33)34-24)19-6-4-18(5-7-19)22(31)32/h1,4-8,13,17H,2-3,9-12,14-15H2,(H,31,32). The number of hydrogen-bond donors (Lipinski definition) is 1. The van der Waals surface area contributed by atoms with Crippen LogP contribution in [0.3, 0.4) is 0 Å². The number of anilines is 1. The van der Waals surface area contributed by atoms with Crippen LogP contribution in [0, 0.1) is 0 Å². The van der Waals surface area contributed by atoms with E-state index < -0.39 is 29.4 Å². The van der Waals surface area contributed by atoms with Crippen molar-refractivity contribution >= 4 is 17.7 Å². The van der Waals surface area contributed by atoms with Crippen LogP contribution in [0.4, 0.5) is 23.7 Å². The monoisotopic (exact) mass is 474 g/mol. The quantitative estimate of drug-likeness (QED) is 0.639. The van der Waals surface area contributed by atoms with Crippen molar-refractivity contribution in [2.75, 3.05) is 24.5 Å². The number of likely N-dealkylation sites (tertiary alicyclic amines) is 1. The molecule has 0 bridgehead atoms. The lowest BCUT2D eigenvalue weighted by atomic mass is 9.90. The Morgan fingerprint density at radius 2 is 1.76 bits per heavy atom. The van der Waals surface area contributed by atoms with Crippen LogP contribution in [0.15, 0.2) is 42.5 Å². The van der Waals surface area contributed by atoms with Crippen LogP contribution in [0.1, 0.15) is 58.6 Å². The summed E-state index contributed by atoms with van der Waals surface area (Å²) in [5, 5.41) is 9.06. The molecular formula is C25H25F3N2O4. The molecule has 0 atom stereocenters. The maximum Gasteiger partial charge on any atom is 0.416 e. The molecule has 6 nitrogen and oxygen atoms in total. The number of carbonyl (C=O) groups is 2. The average molecular weight is 474 g/mol. The summed E-state index contributed by atoms with van der Waals surface area (Å²) in [6, 6.07) is 10.6. The molecule has 3 fully saturated rings. The van der Waals surface area contributed by atoms with Gasteiger partial charge in [-0.15, -0.1) is 0 Å². The number of rotatable bonds is 5. The van der Waals surface area contributed by atoms with Crippen LogP contribution in [0.5, 0.6) is 0 Å². The SMILES string of the molecule is O=C(O)c1ccc(N2CC3(CCN(Cc4ccc(C(F)(F)F)c(C5CC5)c4)CC3)OC2=O)cc1. The fourth-order valence-electron chi connectivity index (χ4n) is 4.94. The zero-order valence-electron chi connectivity index (χ0n) is 18.5. The molecule has 1 spiro atoms. The number of benzene rings is 2. The van der Waals surface area contributed by atoms with Gasteiger partial charge in [0.15, 0.2) is 0 Å². The van der Waals surface area contributed by atoms with E-state index in [1.54, 1.807) is 24.3 Å². The van der Waals surface area contributed by atoms with Gasteiger partial charge in [0, 0.05) is 38.2 Å². The highest BCUT2D eigenvalue weighted by atomic mass is 19.4. The van der Waals surface area contributed by atoms with E-state index in [4.69, 9.17) is 9.84 Å². The van der Waals surface area contributed by atoms with Crippen molar-refractivity contribution in [1.82, 2.24) is 4.90 Å². The van der Waals surface area contributed by atoms with Gasteiger partial charge in [-0.3, -0.25) is 9.80 Å². The third-order valence-corrected chi connectivity index (χ3v) is 7.01. The van der Waals surface area contributed by atoms with Gasteiger partial charge in [-0.2, -0.15) is 13.2 Å². The van der Waals surface area contributed by atoms with Crippen LogP contribution in [-0.2, 0) is 17.5 Å². The largest absolute Gasteiger partial charge is 0.478 e. The second kappa shape index (κ2) is 8.30. The molecule has 0 unspecified atom stereocenters. The summed E-state index contributed by atoms with van der Waals surface area (Å²) in [6.45, 7) is 2.28. The minimum absolute atomic E-state index is 0.00893. The highest BCUT2D eigenvalue weighted by molar-refractivity contribution is 5.92. The number of aromatic carboxylic acids is 1. The van der Waals surface area contributed by atoms with Gasteiger partial charge < -0.3 is 9.84 Å². The smallest absolute Gasteiger partial charge is 0.416 e. The third kappa shape index (κ3) is 4.49. The molecule has 2 saturated heterocycles. The molecule has 0 aromatic heterocycles. The molecule has 180 valence electrons. The summed E-state index contributed by atoms with van der Waals surface area (Å²) < 4.78 is 45.8. The van der Waals surface area contributed by atoms with E-state index in [1.807, 2.05) is 0 Å². The minimum Gasteiger partial charge on any atom is -0.478 e. The van der Waals surface area contributed by atoms with Gasteiger partial charge in [-0.1, -0.05) is 12.1 Å². The summed E-state index contributed by atoms with van der Waals surface area (Å²) in [4.78, 5) is 27.3. The van der Waals surface area contributed by atoms with Crippen molar-refractivity contribution in [3.63, 3.8) is 0 Å². The first-order valence-electron chi connectivity index (χ1n) is 11.4. The Morgan fingerprint density at radius 1 is 1.09 bits per heavy atom. The van der Waals surface area contributed by atoms with Gasteiger partial charge in [0.05, 0.1) is 17.7 Å². The van der Waals surface area contributed by atoms with Gasteiger partial charge in [-0.05, 0) is 60.2 Å². The topological polar surface area (TPSA) is 70.1 Å². The van der Waals surface area contributed by atoms with Crippen molar-refractivity contribution in [2.45, 2.75) is 49.9 Å². The van der Waals surface area contributed by atoms with E-state index in [2.05, 4.69) is 4.90 Å². The molecule has 2 aromatic rings. The van der Waals surface area contributed by atoms with Crippen molar-refractivity contribution in [3.8, 4) is 0 Å². The first kappa shape index (κ1) is 22.7. The number of hydrogen-bond acceptors (Lipinski definition) is 4. The highest BCUT2D eigenvalue weighted by Crippen LogP contribution is 2.46. The average Bonchev–Trinajstić information content (AvgIpc) is 3.59. The Balaban J connectivity index is 1.22. The van der Waals surface area contributed by atoms with E-state index in [1.165, 1.54) is 23.1 Å². The highest BCUT2D eigenvalue weighted by Gasteiger charge is 2.47. The predicted octanol–water partition coefficient (Wildman–Crippen LogP) is 5.27. The van der Waals surface area contributed by atoms with Crippen molar-refractivity contribution in [2.24, 2.45) is 0 Å². The first-order valence-corrected chi connectivity index (χ1v) is 11.4. The fraction of sp³-hybridized carbons (Fsp3) is 0.440. The Kier molecular flexibility index (Phi) is 5.55. The van der Waals surface area contributed by atoms with Crippen LogP contribution < -0.4 is 4.90 Å². The molecule has 0 radical (unpaired) electrons. The number of carboxylic acids is 1. The van der Waals surface area contributed by atoms with Crippen LogP contribution in [0.2, 0.25) is 0 Å². The molecular weight excluding hydrogens is 449 g/mol. The number of ether oxygens (including phenoxy) is 1. The van der Waals surface area contributed by atoms with E-state index in [0.29, 0.717) is 50.3 Å². The molecule has 2 aromatic carbocycles. The zero-order valence-corrected chi connectivity index (χ0v) is 18.5. The van der Waals surface area contributed by atoms with Gasteiger partial charge >= 0.3 is 18.2 Å². The molecule has 2 heterocycles. The summed E-state index contributed by atoms with van der Waals surface area (Å²) in [5.74, 6) is -1.02. The van der Waals surface area contributed by atoms with E-state index >= 15 is 0 Å². The second-order valence-corrected chi connectivity index (χ2v) is 9.46. The number of nitrogens with zero attached hydrogens (tertiary/aromatic N) is 2. The normalized spacial score (nSPS) is 20.6. The first-order chi connectivity index (χ1) is 16.1. The predicted molar refractivity (Wildman–Crippen MR) is 118 cm³/mol. The Morgan fingerprint density at radius 3 is 2.35 bits per heavy atom. The fourth-order valence-corrected chi connectivity index (χ4v) is 4.94. The Labute approximate surface area is 194 Å². The lowest BCUT2D eigenvalue weighted by Gasteiger charge is -2.37. The van der Waals surface area contributed by atoms with E-state index in [-0.39, 0.29) is 11.5 Å². The molecule has 1 amide bonds. The molecule has 3 aliphatic rings. The summed E-state index contributed by atoms with van der Waals surface area (Å²) >= 11 is 0. The number of carbonyl (C=O) groups excluding carboxylic acids is 1. The van der Waals surface area contributed by atoms with E-state index in [0.717, 1.165) is 18.4 Å². The minimum atomic E-state index is -4.33. The van der Waals surface area contributed by atoms with Gasteiger partial charge in [0.2, 0.25) is 0 Å². The molecule has 5 rings (SSSR count). The summed E-state index contributed by atoms with van der Waals surface area (Å²) in [6.07, 6.45) is -1.93. The number of alkyl halides is 3. The number of amides is 1. The lowest BCUT2D eigenvalue weighted by Crippen LogP contribution is -2.46. The Hall–Kier alpha value is -3.07. The van der Waals surface area contributed by atoms with Crippen molar-refractivity contribution in [3.05, 3.63) is 64.7 Å². The van der Waals surface area contributed by atoms with Crippen LogP contribution >= 0.6 is 0 Å². The number of piperidine rings is 1. The summed E-state index contributed by atoms with van der Waals surface area (Å²) in [5.41, 5.74) is 0.880. The number of carboxylic acid groups (broad SMARTS) is 1. The molecule has 34 heavy (non-hydrogen) atoms. The van der Waals surface area contributed by atoms with Gasteiger partial charge in [0.1, 0.15) is 5.60 Å². The molecule has 2 aliphatic heterocycles. The zero-order chi connectivity index (χ0) is 24.1. The third-order valence-electron chi connectivity index (χ3n) is 7.01. The Bertz CT molecular complexity index is 1100. The van der Waals surface area contributed by atoms with Gasteiger partial charge in [-0.25, -0.2) is 9.59 Å². The van der Waals surface area contributed by atoms with Crippen molar-refractivity contribution in [1.29, 1.82) is 0 Å².